The van der Waals surface area contributed by atoms with Crippen LogP contribution in [-0.2, 0) is 4.79 Å². The molecule has 7 atom stereocenters. The first-order valence-corrected chi connectivity index (χ1v) is 11.6. The van der Waals surface area contributed by atoms with E-state index in [-0.39, 0.29) is 18.0 Å². The van der Waals surface area contributed by atoms with Gasteiger partial charge in [-0.3, -0.25) is 15.5 Å². The van der Waals surface area contributed by atoms with Crippen LogP contribution >= 0.6 is 0 Å². The van der Waals surface area contributed by atoms with Crippen molar-refractivity contribution in [2.24, 2.45) is 23.7 Å². The molecule has 1 aliphatic carbocycles. The van der Waals surface area contributed by atoms with E-state index < -0.39 is 5.60 Å². The zero-order valence-corrected chi connectivity index (χ0v) is 17.1. The molecule has 28 heavy (non-hydrogen) atoms. The molecule has 7 heteroatoms. The predicted octanol–water partition coefficient (Wildman–Crippen LogP) is 0.166. The number of fused-ring (bicyclic) bond motifs is 2. The van der Waals surface area contributed by atoms with Crippen molar-refractivity contribution in [1.29, 1.82) is 0 Å². The van der Waals surface area contributed by atoms with Gasteiger partial charge in [-0.1, -0.05) is 12.8 Å². The summed E-state index contributed by atoms with van der Waals surface area (Å²) in [6.45, 7) is 6.06. The summed E-state index contributed by atoms with van der Waals surface area (Å²) in [5.74, 6) is 1.46. The standard InChI is InChI=1S/C21H37N5O2/c1-21(28)17-15(8-11-23-19(17)24-20(21)27)18-14-4-2-3-5-16(14)26(25-18)12-13-6-9-22-10-7-13/h13-19,22-23,25,28H,2-12H2,1H3,(H,24,27)/t14?,15?,16?,17?,18?,19?,21-/m0/s1. The number of piperidine rings is 2. The Morgan fingerprint density at radius 1 is 1.07 bits per heavy atom. The Bertz CT molecular complexity index is 593. The summed E-state index contributed by atoms with van der Waals surface area (Å²) in [6, 6.07) is 0.998. The Morgan fingerprint density at radius 3 is 2.68 bits per heavy atom. The van der Waals surface area contributed by atoms with Gasteiger partial charge in [-0.2, -0.15) is 0 Å². The first kappa shape index (κ1) is 19.2. The minimum Gasteiger partial charge on any atom is -0.380 e. The largest absolute Gasteiger partial charge is 0.380 e. The monoisotopic (exact) mass is 391 g/mol. The van der Waals surface area contributed by atoms with Crippen molar-refractivity contribution in [3.63, 3.8) is 0 Å². The fraction of sp³-hybridized carbons (Fsp3) is 0.952. The third kappa shape index (κ3) is 3.19. The quantitative estimate of drug-likeness (QED) is 0.471. The van der Waals surface area contributed by atoms with Gasteiger partial charge in [0.1, 0.15) is 5.60 Å². The minimum absolute atomic E-state index is 0.0624. The highest BCUT2D eigenvalue weighted by atomic mass is 16.3. The number of hydrazine groups is 1. The fourth-order valence-electron chi connectivity index (χ4n) is 6.96. The highest BCUT2D eigenvalue weighted by Crippen LogP contribution is 2.46. The highest BCUT2D eigenvalue weighted by Gasteiger charge is 2.59. The Hall–Kier alpha value is -0.730. The van der Waals surface area contributed by atoms with Crippen LogP contribution in [-0.4, -0.2) is 66.1 Å². The van der Waals surface area contributed by atoms with Gasteiger partial charge in [0.05, 0.1) is 6.17 Å². The van der Waals surface area contributed by atoms with Crippen LogP contribution < -0.4 is 21.4 Å². The fourth-order valence-corrected chi connectivity index (χ4v) is 6.96. The van der Waals surface area contributed by atoms with Crippen molar-refractivity contribution in [2.75, 3.05) is 26.2 Å². The molecule has 0 radical (unpaired) electrons. The maximum absolute atomic E-state index is 12.4. The first-order chi connectivity index (χ1) is 13.6. The number of hydrogen-bond acceptors (Lipinski definition) is 6. The molecular weight excluding hydrogens is 354 g/mol. The number of amides is 1. The second-order valence-corrected chi connectivity index (χ2v) is 10.0. The van der Waals surface area contributed by atoms with Crippen molar-refractivity contribution in [2.45, 2.75) is 75.7 Å². The van der Waals surface area contributed by atoms with Crippen LogP contribution in [0.4, 0.5) is 0 Å². The van der Waals surface area contributed by atoms with Crippen molar-refractivity contribution < 1.29 is 9.90 Å². The molecule has 0 bridgehead atoms. The molecule has 5 aliphatic rings. The van der Waals surface area contributed by atoms with Gasteiger partial charge in [0.2, 0.25) is 0 Å². The average molecular weight is 392 g/mol. The number of carbonyl (C=O) groups excluding carboxylic acids is 1. The number of nitrogens with one attached hydrogen (secondary N) is 4. The van der Waals surface area contributed by atoms with Crippen molar-refractivity contribution >= 4 is 5.91 Å². The van der Waals surface area contributed by atoms with E-state index in [0.29, 0.717) is 23.9 Å². The second kappa shape index (κ2) is 7.51. The first-order valence-electron chi connectivity index (χ1n) is 11.6. The third-order valence-electron chi connectivity index (χ3n) is 8.39. The molecule has 4 saturated heterocycles. The molecule has 7 nitrogen and oxygen atoms in total. The number of nitrogens with zero attached hydrogens (tertiary/aromatic N) is 1. The van der Waals surface area contributed by atoms with Gasteiger partial charge in [-0.05, 0) is 76.4 Å². The lowest BCUT2D eigenvalue weighted by molar-refractivity contribution is -0.138. The number of carbonyl (C=O) groups is 1. The molecule has 5 rings (SSSR count). The Balaban J connectivity index is 1.37. The normalized spacial score (nSPS) is 47.6. The molecule has 0 aromatic heterocycles. The van der Waals surface area contributed by atoms with Gasteiger partial charge >= 0.3 is 0 Å². The van der Waals surface area contributed by atoms with E-state index in [9.17, 15) is 9.90 Å². The zero-order chi connectivity index (χ0) is 19.3. The predicted molar refractivity (Wildman–Crippen MR) is 107 cm³/mol. The lowest BCUT2D eigenvalue weighted by Crippen LogP contribution is -2.58. The molecular formula is C21H37N5O2. The zero-order valence-electron chi connectivity index (χ0n) is 17.1. The van der Waals surface area contributed by atoms with E-state index in [1.165, 1.54) is 38.5 Å². The molecule has 4 heterocycles. The minimum atomic E-state index is -1.28. The summed E-state index contributed by atoms with van der Waals surface area (Å²) in [6.07, 6.45) is 8.66. The summed E-state index contributed by atoms with van der Waals surface area (Å²) < 4.78 is 0. The summed E-state index contributed by atoms with van der Waals surface area (Å²) in [5.41, 5.74) is 2.67. The summed E-state index contributed by atoms with van der Waals surface area (Å²) in [7, 11) is 0. The topological polar surface area (TPSA) is 88.7 Å². The van der Waals surface area contributed by atoms with Crippen LogP contribution in [0.1, 0.15) is 51.9 Å². The van der Waals surface area contributed by atoms with Gasteiger partial charge in [0.15, 0.2) is 0 Å². The van der Waals surface area contributed by atoms with Gasteiger partial charge in [-0.15, -0.1) is 0 Å². The number of rotatable bonds is 3. The summed E-state index contributed by atoms with van der Waals surface area (Å²) >= 11 is 0. The average Bonchev–Trinajstić information content (AvgIpc) is 3.18. The molecule has 0 aromatic rings. The van der Waals surface area contributed by atoms with Crippen molar-refractivity contribution in [1.82, 2.24) is 26.4 Å². The molecule has 4 aliphatic heterocycles. The maximum Gasteiger partial charge on any atom is 0.253 e. The molecule has 158 valence electrons. The number of aliphatic hydroxyl groups is 1. The Labute approximate surface area is 168 Å². The van der Waals surface area contributed by atoms with E-state index in [1.54, 1.807) is 6.92 Å². The molecule has 0 aromatic carbocycles. The lowest BCUT2D eigenvalue weighted by atomic mass is 9.67. The van der Waals surface area contributed by atoms with Crippen LogP contribution in [0.2, 0.25) is 0 Å². The summed E-state index contributed by atoms with van der Waals surface area (Å²) in [4.78, 5) is 12.4. The SMILES string of the molecule is C[C@@]1(O)C(=O)NC2NCCC(C3NN(CC4CCNCC4)C4CCCCC34)C21. The summed E-state index contributed by atoms with van der Waals surface area (Å²) in [5, 5.41) is 23.5. The van der Waals surface area contributed by atoms with Crippen molar-refractivity contribution in [3.05, 3.63) is 0 Å². The van der Waals surface area contributed by atoms with E-state index in [0.717, 1.165) is 38.5 Å². The van der Waals surface area contributed by atoms with Crippen molar-refractivity contribution in [3.8, 4) is 0 Å². The van der Waals surface area contributed by atoms with Crippen LogP contribution in [0.5, 0.6) is 0 Å². The van der Waals surface area contributed by atoms with Gasteiger partial charge < -0.3 is 15.7 Å². The molecule has 1 saturated carbocycles. The molecule has 0 spiro atoms. The van der Waals surface area contributed by atoms with E-state index in [1.807, 2.05) is 0 Å². The lowest BCUT2D eigenvalue weighted by Gasteiger charge is -2.43. The molecule has 1 amide bonds. The maximum atomic E-state index is 12.4. The molecule has 6 unspecified atom stereocenters. The Kier molecular flexibility index (Phi) is 5.16. The van der Waals surface area contributed by atoms with Gasteiger partial charge in [-0.25, -0.2) is 5.01 Å². The van der Waals surface area contributed by atoms with Gasteiger partial charge in [0, 0.05) is 24.5 Å². The third-order valence-corrected chi connectivity index (χ3v) is 8.39. The van der Waals surface area contributed by atoms with Crippen LogP contribution in [0, 0.1) is 23.7 Å². The van der Waals surface area contributed by atoms with E-state index >= 15 is 0 Å². The van der Waals surface area contributed by atoms with Gasteiger partial charge in [0.25, 0.3) is 5.91 Å². The smallest absolute Gasteiger partial charge is 0.253 e. The van der Waals surface area contributed by atoms with Crippen LogP contribution in [0.3, 0.4) is 0 Å². The Morgan fingerprint density at radius 2 is 1.86 bits per heavy atom. The molecule has 5 fully saturated rings. The number of hydrogen-bond donors (Lipinski definition) is 5. The molecule has 5 N–H and O–H groups in total. The van der Waals surface area contributed by atoms with E-state index in [2.05, 4.69) is 26.4 Å². The van der Waals surface area contributed by atoms with E-state index in [4.69, 9.17) is 0 Å². The highest BCUT2D eigenvalue weighted by molar-refractivity contribution is 5.87. The second-order valence-electron chi connectivity index (χ2n) is 10.0. The van der Waals surface area contributed by atoms with Crippen LogP contribution in [0.15, 0.2) is 0 Å². The van der Waals surface area contributed by atoms with Crippen LogP contribution in [0.25, 0.3) is 0 Å².